The summed E-state index contributed by atoms with van der Waals surface area (Å²) in [6, 6.07) is 6.91. The molecule has 1 atom stereocenters. The van der Waals surface area contributed by atoms with Crippen LogP contribution in [0.3, 0.4) is 0 Å². The molecule has 0 aliphatic carbocycles. The second kappa shape index (κ2) is 7.45. The summed E-state index contributed by atoms with van der Waals surface area (Å²) < 4.78 is 27.0. The average Bonchev–Trinajstić information content (AvgIpc) is 2.34. The largest absolute Gasteiger partial charge is 0.240 e. The Morgan fingerprint density at radius 3 is 2.44 bits per heavy atom. The van der Waals surface area contributed by atoms with E-state index in [9.17, 15) is 8.42 Å². The molecule has 5 heteroatoms. The number of nitrogens with one attached hydrogen (secondary N) is 1. The second-order valence-electron chi connectivity index (χ2n) is 4.40. The summed E-state index contributed by atoms with van der Waals surface area (Å²) in [6.45, 7) is 4.58. The van der Waals surface area contributed by atoms with Gasteiger partial charge in [0.15, 0.2) is 0 Å². The molecular formula is C13H20INO2S. The minimum absolute atomic E-state index is 0.340. The van der Waals surface area contributed by atoms with E-state index in [4.69, 9.17) is 0 Å². The molecule has 0 saturated heterocycles. The van der Waals surface area contributed by atoms with Crippen molar-refractivity contribution in [1.82, 2.24) is 4.72 Å². The van der Waals surface area contributed by atoms with Gasteiger partial charge in [-0.05, 0) is 25.5 Å². The van der Waals surface area contributed by atoms with E-state index in [0.29, 0.717) is 15.4 Å². The third kappa shape index (κ3) is 5.24. The summed E-state index contributed by atoms with van der Waals surface area (Å²) in [5.74, 6) is 0. The molecule has 0 radical (unpaired) electrons. The summed E-state index contributed by atoms with van der Waals surface area (Å²) in [5.41, 5.74) is 1.06. The SMILES string of the molecule is CCCC[C@H](I)CNS(=O)(=O)c1ccc(C)cc1. The molecule has 0 aliphatic heterocycles. The Balaban J connectivity index is 2.57. The Morgan fingerprint density at radius 1 is 1.28 bits per heavy atom. The first kappa shape index (κ1) is 15.9. The number of rotatable bonds is 7. The summed E-state index contributed by atoms with van der Waals surface area (Å²) in [6.07, 6.45) is 3.33. The molecule has 18 heavy (non-hydrogen) atoms. The zero-order valence-electron chi connectivity index (χ0n) is 10.8. The van der Waals surface area contributed by atoms with Crippen LogP contribution in [0.1, 0.15) is 31.7 Å². The van der Waals surface area contributed by atoms with Crippen LogP contribution in [0.25, 0.3) is 0 Å². The van der Waals surface area contributed by atoms with Gasteiger partial charge in [0.1, 0.15) is 0 Å². The summed E-state index contributed by atoms with van der Waals surface area (Å²) in [4.78, 5) is 0.340. The Kier molecular flexibility index (Phi) is 6.59. The van der Waals surface area contributed by atoms with E-state index in [2.05, 4.69) is 34.2 Å². The van der Waals surface area contributed by atoms with Crippen molar-refractivity contribution in [2.45, 2.75) is 41.9 Å². The molecule has 0 fully saturated rings. The highest BCUT2D eigenvalue weighted by Crippen LogP contribution is 2.13. The molecule has 0 saturated carbocycles. The van der Waals surface area contributed by atoms with E-state index in [1.54, 1.807) is 12.1 Å². The second-order valence-corrected chi connectivity index (χ2v) is 7.93. The van der Waals surface area contributed by atoms with Gasteiger partial charge in [0.2, 0.25) is 10.0 Å². The van der Waals surface area contributed by atoms with Crippen LogP contribution < -0.4 is 4.72 Å². The van der Waals surface area contributed by atoms with Crippen molar-refractivity contribution in [3.05, 3.63) is 29.8 Å². The maximum absolute atomic E-state index is 12.0. The number of hydrogen-bond donors (Lipinski definition) is 1. The molecule has 102 valence electrons. The van der Waals surface area contributed by atoms with Gasteiger partial charge in [-0.15, -0.1) is 0 Å². The molecule has 0 unspecified atom stereocenters. The number of hydrogen-bond acceptors (Lipinski definition) is 2. The van der Waals surface area contributed by atoms with Crippen LogP contribution in [0.15, 0.2) is 29.2 Å². The smallest absolute Gasteiger partial charge is 0.210 e. The standard InChI is InChI=1S/C13H20INO2S/c1-3-4-5-12(14)10-15-18(16,17)13-8-6-11(2)7-9-13/h6-9,12,15H,3-5,10H2,1-2H3/t12-/m0/s1. The topological polar surface area (TPSA) is 46.2 Å². The first-order chi connectivity index (χ1) is 8.45. The first-order valence-electron chi connectivity index (χ1n) is 6.16. The maximum Gasteiger partial charge on any atom is 0.240 e. The Morgan fingerprint density at radius 2 is 1.89 bits per heavy atom. The number of aryl methyl sites for hydroxylation is 1. The highest BCUT2D eigenvalue weighted by atomic mass is 127. The molecule has 0 aromatic heterocycles. The number of unbranched alkanes of at least 4 members (excludes halogenated alkanes) is 1. The van der Waals surface area contributed by atoms with E-state index < -0.39 is 10.0 Å². The molecule has 0 bridgehead atoms. The van der Waals surface area contributed by atoms with Gasteiger partial charge in [-0.2, -0.15) is 0 Å². The van der Waals surface area contributed by atoms with Crippen LogP contribution in [0.4, 0.5) is 0 Å². The quantitative estimate of drug-likeness (QED) is 0.582. The molecule has 1 rings (SSSR count). The molecule has 1 N–H and O–H groups in total. The van der Waals surface area contributed by atoms with Crippen LogP contribution in [0.5, 0.6) is 0 Å². The minimum Gasteiger partial charge on any atom is -0.210 e. The third-order valence-electron chi connectivity index (χ3n) is 2.70. The van der Waals surface area contributed by atoms with Crippen molar-refractivity contribution in [2.24, 2.45) is 0 Å². The average molecular weight is 381 g/mol. The Hall–Kier alpha value is -0.140. The lowest BCUT2D eigenvalue weighted by atomic mass is 10.2. The highest BCUT2D eigenvalue weighted by molar-refractivity contribution is 14.1. The van der Waals surface area contributed by atoms with E-state index >= 15 is 0 Å². The molecule has 0 amide bonds. The van der Waals surface area contributed by atoms with Crippen LogP contribution >= 0.6 is 22.6 Å². The zero-order chi connectivity index (χ0) is 13.6. The lowest BCUT2D eigenvalue weighted by Crippen LogP contribution is -2.29. The normalized spacial score (nSPS) is 13.5. The Labute approximate surface area is 124 Å². The van der Waals surface area contributed by atoms with Gasteiger partial charge in [-0.1, -0.05) is 60.1 Å². The third-order valence-corrected chi connectivity index (χ3v) is 5.20. The summed E-state index contributed by atoms with van der Waals surface area (Å²) in [5, 5.41) is 0. The van der Waals surface area contributed by atoms with Gasteiger partial charge in [0, 0.05) is 10.5 Å². The molecule has 0 heterocycles. The number of alkyl halides is 1. The van der Waals surface area contributed by atoms with Crippen molar-refractivity contribution in [3.8, 4) is 0 Å². The lowest BCUT2D eigenvalue weighted by Gasteiger charge is -2.11. The maximum atomic E-state index is 12.0. The van der Waals surface area contributed by atoms with Gasteiger partial charge in [0.05, 0.1) is 4.90 Å². The van der Waals surface area contributed by atoms with Crippen molar-refractivity contribution >= 4 is 32.6 Å². The number of benzene rings is 1. The minimum atomic E-state index is -3.35. The number of sulfonamides is 1. The monoisotopic (exact) mass is 381 g/mol. The molecule has 1 aromatic rings. The van der Waals surface area contributed by atoms with Gasteiger partial charge < -0.3 is 0 Å². The predicted molar refractivity (Wildman–Crippen MR) is 83.7 cm³/mol. The van der Waals surface area contributed by atoms with Gasteiger partial charge in [-0.25, -0.2) is 13.1 Å². The van der Waals surface area contributed by atoms with Crippen LogP contribution in [0.2, 0.25) is 0 Å². The highest BCUT2D eigenvalue weighted by Gasteiger charge is 2.15. The lowest BCUT2D eigenvalue weighted by molar-refractivity contribution is 0.577. The first-order valence-corrected chi connectivity index (χ1v) is 8.89. The summed E-state index contributed by atoms with van der Waals surface area (Å²) >= 11 is 2.30. The van der Waals surface area contributed by atoms with Crippen LogP contribution in [-0.4, -0.2) is 18.9 Å². The van der Waals surface area contributed by atoms with E-state index in [0.717, 1.165) is 24.8 Å². The fourth-order valence-corrected chi connectivity index (χ4v) is 3.57. The summed E-state index contributed by atoms with van der Waals surface area (Å²) in [7, 11) is -3.35. The molecular weight excluding hydrogens is 361 g/mol. The van der Waals surface area contributed by atoms with Crippen molar-refractivity contribution in [3.63, 3.8) is 0 Å². The fourth-order valence-electron chi connectivity index (χ4n) is 1.53. The zero-order valence-corrected chi connectivity index (χ0v) is 13.8. The molecule has 3 nitrogen and oxygen atoms in total. The fraction of sp³-hybridized carbons (Fsp3) is 0.538. The van der Waals surface area contributed by atoms with Crippen molar-refractivity contribution in [2.75, 3.05) is 6.54 Å². The molecule has 0 aliphatic rings. The molecule has 1 aromatic carbocycles. The van der Waals surface area contributed by atoms with Gasteiger partial charge in [-0.3, -0.25) is 0 Å². The van der Waals surface area contributed by atoms with E-state index in [-0.39, 0.29) is 0 Å². The molecule has 0 spiro atoms. The number of halogens is 1. The van der Waals surface area contributed by atoms with E-state index in [1.807, 2.05) is 19.1 Å². The van der Waals surface area contributed by atoms with Crippen LogP contribution in [0, 0.1) is 6.92 Å². The van der Waals surface area contributed by atoms with Gasteiger partial charge in [0.25, 0.3) is 0 Å². The predicted octanol–water partition coefficient (Wildman–Crippen LogP) is 3.27. The van der Waals surface area contributed by atoms with E-state index in [1.165, 1.54) is 0 Å². The Bertz CT molecular complexity index is 456. The van der Waals surface area contributed by atoms with Crippen LogP contribution in [-0.2, 0) is 10.0 Å². The van der Waals surface area contributed by atoms with Crippen molar-refractivity contribution < 1.29 is 8.42 Å². The van der Waals surface area contributed by atoms with Gasteiger partial charge >= 0.3 is 0 Å². The van der Waals surface area contributed by atoms with Crippen molar-refractivity contribution in [1.29, 1.82) is 0 Å².